The lowest BCUT2D eigenvalue weighted by Gasteiger charge is -2.44. The van der Waals surface area contributed by atoms with Gasteiger partial charge in [0.25, 0.3) is 10.9 Å². The van der Waals surface area contributed by atoms with Crippen molar-refractivity contribution >= 4 is 29.4 Å². The van der Waals surface area contributed by atoms with E-state index in [1.807, 2.05) is 44.2 Å². The molecule has 1 heterocycles. The molecule has 1 fully saturated rings. The van der Waals surface area contributed by atoms with Gasteiger partial charge in [-0.1, -0.05) is 63.7 Å². The van der Waals surface area contributed by atoms with Crippen LogP contribution in [0.4, 0.5) is 0 Å². The maximum Gasteiger partial charge on any atom is 0.383 e. The van der Waals surface area contributed by atoms with E-state index in [1.54, 1.807) is 13.8 Å². The number of likely N-dealkylation sites (N-methyl/N-ethyl adjacent to an activating group) is 1. The quantitative estimate of drug-likeness (QED) is 0.479. The molecule has 1 amide bonds. The molecule has 4 nitrogen and oxygen atoms in total. The molecule has 1 aromatic rings. The highest BCUT2D eigenvalue weighted by atomic mass is 32.1. The fourth-order valence-corrected chi connectivity index (χ4v) is 4.45. The van der Waals surface area contributed by atoms with E-state index in [0.29, 0.717) is 32.4 Å². The summed E-state index contributed by atoms with van der Waals surface area (Å²) in [6.45, 7) is 8.25. The highest BCUT2D eigenvalue weighted by Crippen LogP contribution is 2.48. The largest absolute Gasteiger partial charge is 0.383 e. The number of thiol groups is 1. The van der Waals surface area contributed by atoms with Crippen LogP contribution in [-0.2, 0) is 19.9 Å². The SMILES string of the molecule is CCC(C)(C)C(=O)C(=O)[N+]1(CC)CCC[C@@]1(C(=O)S)c1ccccc1. The Morgan fingerprint density at radius 3 is 2.24 bits per heavy atom. The highest BCUT2D eigenvalue weighted by Gasteiger charge is 2.65. The molecule has 0 saturated carbocycles. The summed E-state index contributed by atoms with van der Waals surface area (Å²) in [7, 11) is 0. The van der Waals surface area contributed by atoms with Gasteiger partial charge >= 0.3 is 5.91 Å². The van der Waals surface area contributed by atoms with E-state index in [9.17, 15) is 14.4 Å². The molecule has 0 aliphatic carbocycles. The van der Waals surface area contributed by atoms with Gasteiger partial charge < -0.3 is 0 Å². The average Bonchev–Trinajstić information content (AvgIpc) is 3.02. The van der Waals surface area contributed by atoms with Gasteiger partial charge in [-0.05, 0) is 13.3 Å². The van der Waals surface area contributed by atoms with Gasteiger partial charge in [0.15, 0.2) is 0 Å². The Bertz CT molecular complexity index is 685. The number of amides is 1. The number of Topliss-reactive ketones (excluding diaryl/α,β-unsaturated/α-hetero) is 1. The van der Waals surface area contributed by atoms with Crippen molar-refractivity contribution in [3.63, 3.8) is 0 Å². The topological polar surface area (TPSA) is 51.2 Å². The first-order valence-electron chi connectivity index (χ1n) is 8.95. The van der Waals surface area contributed by atoms with Gasteiger partial charge in [0.05, 0.1) is 13.1 Å². The first kappa shape index (κ1) is 19.9. The van der Waals surface area contributed by atoms with Crippen molar-refractivity contribution in [3.05, 3.63) is 35.9 Å². The predicted octanol–water partition coefficient (Wildman–Crippen LogP) is 3.50. The van der Waals surface area contributed by atoms with E-state index in [0.717, 1.165) is 5.56 Å². The van der Waals surface area contributed by atoms with Crippen LogP contribution in [0.1, 0.15) is 52.5 Å². The lowest BCUT2D eigenvalue weighted by Crippen LogP contribution is -2.67. The van der Waals surface area contributed by atoms with Gasteiger partial charge in [-0.15, -0.1) is 0 Å². The van der Waals surface area contributed by atoms with Crippen LogP contribution in [-0.4, -0.2) is 34.4 Å². The summed E-state index contributed by atoms with van der Waals surface area (Å²) >= 11 is 4.20. The number of nitrogens with zero attached hydrogens (tertiary/aromatic N) is 1. The van der Waals surface area contributed by atoms with Crippen LogP contribution >= 0.6 is 12.6 Å². The number of hydrogen-bond acceptors (Lipinski definition) is 3. The Kier molecular flexibility index (Phi) is 5.59. The molecule has 2 atom stereocenters. The first-order valence-corrected chi connectivity index (χ1v) is 9.39. The number of carbonyl (C=O) groups excluding carboxylic acids is 3. The lowest BCUT2D eigenvalue weighted by molar-refractivity contribution is -0.884. The Hall–Kier alpha value is -1.46. The Morgan fingerprint density at radius 1 is 1.16 bits per heavy atom. The summed E-state index contributed by atoms with van der Waals surface area (Å²) in [6.07, 6.45) is 1.81. The molecule has 1 aliphatic heterocycles. The van der Waals surface area contributed by atoms with Crippen LogP contribution in [0, 0.1) is 5.41 Å². The van der Waals surface area contributed by atoms with Crippen molar-refractivity contribution in [2.45, 2.75) is 52.5 Å². The second kappa shape index (κ2) is 7.04. The number of benzene rings is 1. The Labute approximate surface area is 155 Å². The third-order valence-electron chi connectivity index (χ3n) is 6.04. The fraction of sp³-hybridized carbons (Fsp3) is 0.550. The predicted molar refractivity (Wildman–Crippen MR) is 101 cm³/mol. The number of likely N-dealkylation sites (tertiary alicyclic amines) is 1. The molecule has 1 saturated heterocycles. The second-order valence-electron chi connectivity index (χ2n) is 7.51. The van der Waals surface area contributed by atoms with Gasteiger partial charge in [0.1, 0.15) is 0 Å². The summed E-state index contributed by atoms with van der Waals surface area (Å²) in [5.41, 5.74) is -1.05. The molecular weight excluding hydrogens is 334 g/mol. The zero-order valence-corrected chi connectivity index (χ0v) is 16.4. The summed E-state index contributed by atoms with van der Waals surface area (Å²) < 4.78 is -0.151. The standard InChI is InChI=1S/C20H27NO3S/c1-5-19(3,4)16(22)17(23)21(6-2)14-10-13-20(21,18(24)25)15-11-8-7-9-12-15/h7-9,11-12H,5-6,10,13-14H2,1-4H3/p+1/t20-,21?/m0/s1. The van der Waals surface area contributed by atoms with E-state index in [1.165, 1.54) is 0 Å². The van der Waals surface area contributed by atoms with Crippen LogP contribution in [0.2, 0.25) is 0 Å². The van der Waals surface area contributed by atoms with Gasteiger partial charge in [0, 0.05) is 23.8 Å². The molecule has 0 N–H and O–H groups in total. The number of rotatable bonds is 6. The molecule has 0 spiro atoms. The molecule has 2 rings (SSSR count). The zero-order chi connectivity index (χ0) is 18.9. The fourth-order valence-electron chi connectivity index (χ4n) is 4.02. The molecule has 5 heteroatoms. The van der Waals surface area contributed by atoms with Crippen molar-refractivity contribution in [2.24, 2.45) is 5.41 Å². The number of carbonyl (C=O) groups is 3. The van der Waals surface area contributed by atoms with E-state index in [2.05, 4.69) is 12.6 Å². The third-order valence-corrected chi connectivity index (χ3v) is 6.41. The van der Waals surface area contributed by atoms with Crippen molar-refractivity contribution in [3.8, 4) is 0 Å². The molecule has 1 unspecified atom stereocenters. The van der Waals surface area contributed by atoms with Crippen molar-refractivity contribution in [1.82, 2.24) is 0 Å². The molecule has 1 aromatic carbocycles. The summed E-state index contributed by atoms with van der Waals surface area (Å²) in [5, 5.41) is -0.339. The minimum absolute atomic E-state index is 0.151. The van der Waals surface area contributed by atoms with Crippen LogP contribution in [0.15, 0.2) is 30.3 Å². The zero-order valence-electron chi connectivity index (χ0n) is 15.5. The molecule has 0 radical (unpaired) electrons. The maximum absolute atomic E-state index is 13.4. The Balaban J connectivity index is 2.67. The van der Waals surface area contributed by atoms with E-state index < -0.39 is 22.6 Å². The monoisotopic (exact) mass is 362 g/mol. The van der Waals surface area contributed by atoms with E-state index in [4.69, 9.17) is 0 Å². The minimum atomic E-state index is -1.09. The van der Waals surface area contributed by atoms with E-state index >= 15 is 0 Å². The smallest absolute Gasteiger partial charge is 0.283 e. The van der Waals surface area contributed by atoms with Crippen molar-refractivity contribution in [1.29, 1.82) is 0 Å². The van der Waals surface area contributed by atoms with E-state index in [-0.39, 0.29) is 9.60 Å². The molecule has 25 heavy (non-hydrogen) atoms. The van der Waals surface area contributed by atoms with Gasteiger partial charge in [-0.2, -0.15) is 0 Å². The number of hydrogen-bond donors (Lipinski definition) is 1. The van der Waals surface area contributed by atoms with Crippen LogP contribution in [0.25, 0.3) is 0 Å². The summed E-state index contributed by atoms with van der Waals surface area (Å²) in [5.74, 6) is -0.855. The maximum atomic E-state index is 13.4. The lowest BCUT2D eigenvalue weighted by atomic mass is 9.81. The summed E-state index contributed by atoms with van der Waals surface area (Å²) in [6, 6.07) is 9.33. The molecular formula is C20H28NO3S+. The van der Waals surface area contributed by atoms with Gasteiger partial charge in [-0.25, -0.2) is 9.28 Å². The molecule has 0 bridgehead atoms. The number of quaternary nitrogens is 1. The highest BCUT2D eigenvalue weighted by molar-refractivity contribution is 7.96. The van der Waals surface area contributed by atoms with Crippen molar-refractivity contribution < 1.29 is 18.9 Å². The third kappa shape index (κ3) is 2.87. The van der Waals surface area contributed by atoms with Gasteiger partial charge in [0.2, 0.25) is 5.54 Å². The van der Waals surface area contributed by atoms with Crippen molar-refractivity contribution in [2.75, 3.05) is 13.1 Å². The average molecular weight is 363 g/mol. The first-order chi connectivity index (χ1) is 11.7. The van der Waals surface area contributed by atoms with Crippen LogP contribution in [0.5, 0.6) is 0 Å². The normalized spacial score (nSPS) is 26.4. The van der Waals surface area contributed by atoms with Crippen LogP contribution < -0.4 is 0 Å². The Morgan fingerprint density at radius 2 is 1.76 bits per heavy atom. The minimum Gasteiger partial charge on any atom is -0.283 e. The van der Waals surface area contributed by atoms with Crippen LogP contribution in [0.3, 0.4) is 0 Å². The molecule has 1 aliphatic rings. The molecule has 136 valence electrons. The summed E-state index contributed by atoms with van der Waals surface area (Å²) in [4.78, 5) is 39.2. The van der Waals surface area contributed by atoms with Gasteiger partial charge in [-0.3, -0.25) is 9.59 Å². The second-order valence-corrected chi connectivity index (χ2v) is 7.92. The number of ketones is 1. The molecule has 0 aromatic heterocycles.